The van der Waals surface area contributed by atoms with Gasteiger partial charge in [-0.05, 0) is 37.0 Å². The zero-order chi connectivity index (χ0) is 14.1. The lowest BCUT2D eigenvalue weighted by molar-refractivity contribution is -0.158. The third-order valence-electron chi connectivity index (χ3n) is 3.71. The fourth-order valence-corrected chi connectivity index (χ4v) is 3.05. The highest BCUT2D eigenvalue weighted by molar-refractivity contribution is 7.16. The van der Waals surface area contributed by atoms with Crippen molar-refractivity contribution in [2.45, 2.75) is 31.8 Å². The summed E-state index contributed by atoms with van der Waals surface area (Å²) in [7, 11) is 0. The smallest absolute Gasteiger partial charge is 0.394 e. The summed E-state index contributed by atoms with van der Waals surface area (Å²) >= 11 is 1.56. The average molecular weight is 290 g/mol. The van der Waals surface area contributed by atoms with Gasteiger partial charge in [-0.15, -0.1) is 11.3 Å². The first kappa shape index (κ1) is 13.1. The van der Waals surface area contributed by atoms with Crippen LogP contribution in [-0.4, -0.2) is 32.9 Å². The van der Waals surface area contributed by atoms with Gasteiger partial charge in [-0.25, -0.2) is 9.78 Å². The molecule has 104 valence electrons. The van der Waals surface area contributed by atoms with Crippen LogP contribution in [0.3, 0.4) is 0 Å². The number of thiazole rings is 1. The molecule has 0 aliphatic heterocycles. The van der Waals surface area contributed by atoms with Crippen LogP contribution in [-0.2, 0) is 16.1 Å². The lowest BCUT2D eigenvalue weighted by Crippen LogP contribution is -2.46. The first-order valence-electron chi connectivity index (χ1n) is 6.51. The summed E-state index contributed by atoms with van der Waals surface area (Å²) in [6.07, 6.45) is 2.83. The minimum absolute atomic E-state index is 0.0599. The zero-order valence-corrected chi connectivity index (χ0v) is 11.6. The summed E-state index contributed by atoms with van der Waals surface area (Å²) in [5.74, 6) is -2.19. The van der Waals surface area contributed by atoms with E-state index in [1.54, 1.807) is 16.8 Å². The molecule has 1 fully saturated rings. The van der Waals surface area contributed by atoms with Crippen LogP contribution in [0.4, 0.5) is 0 Å². The van der Waals surface area contributed by atoms with E-state index >= 15 is 0 Å². The molecule has 1 saturated carbocycles. The van der Waals surface area contributed by atoms with Gasteiger partial charge in [0.15, 0.2) is 0 Å². The maximum Gasteiger partial charge on any atom is 0.394 e. The van der Waals surface area contributed by atoms with E-state index in [4.69, 9.17) is 5.11 Å². The van der Waals surface area contributed by atoms with Gasteiger partial charge in [0, 0.05) is 12.6 Å². The largest absolute Gasteiger partial charge is 0.474 e. The second-order valence-electron chi connectivity index (χ2n) is 4.98. The summed E-state index contributed by atoms with van der Waals surface area (Å²) in [6, 6.07) is 5.88. The van der Waals surface area contributed by atoms with Gasteiger partial charge in [0.1, 0.15) is 0 Å². The molecule has 1 amide bonds. The summed E-state index contributed by atoms with van der Waals surface area (Å²) in [5.41, 5.74) is 3.59. The van der Waals surface area contributed by atoms with Crippen molar-refractivity contribution in [3.05, 3.63) is 29.3 Å². The third-order valence-corrected chi connectivity index (χ3v) is 4.52. The first-order chi connectivity index (χ1) is 9.65. The zero-order valence-electron chi connectivity index (χ0n) is 10.8. The number of carboxylic acid groups (broad SMARTS) is 1. The Bertz CT molecular complexity index is 663. The molecule has 1 aliphatic rings. The van der Waals surface area contributed by atoms with Crippen LogP contribution in [0.2, 0.25) is 0 Å². The molecule has 1 aromatic carbocycles. The molecule has 1 aromatic heterocycles. The maximum atomic E-state index is 11.8. The Morgan fingerprint density at radius 3 is 2.85 bits per heavy atom. The Balaban J connectivity index is 1.84. The molecule has 0 radical (unpaired) electrons. The number of carbonyl (C=O) groups is 2. The van der Waals surface area contributed by atoms with Crippen LogP contribution in [0.1, 0.15) is 24.8 Å². The van der Waals surface area contributed by atoms with E-state index in [2.05, 4.69) is 4.98 Å². The number of carboxylic acids is 1. The van der Waals surface area contributed by atoms with Gasteiger partial charge in [0.2, 0.25) is 0 Å². The monoisotopic (exact) mass is 290 g/mol. The van der Waals surface area contributed by atoms with E-state index in [1.807, 2.05) is 18.2 Å². The third kappa shape index (κ3) is 2.38. The minimum Gasteiger partial charge on any atom is -0.474 e. The highest BCUT2D eigenvalue weighted by Gasteiger charge is 2.32. The van der Waals surface area contributed by atoms with Crippen molar-refractivity contribution < 1.29 is 14.7 Å². The Hall–Kier alpha value is -1.95. The van der Waals surface area contributed by atoms with Crippen molar-refractivity contribution in [3.8, 4) is 0 Å². The number of aromatic nitrogens is 1. The van der Waals surface area contributed by atoms with E-state index in [-0.39, 0.29) is 6.04 Å². The quantitative estimate of drug-likeness (QED) is 0.880. The summed E-state index contributed by atoms with van der Waals surface area (Å²) in [5, 5.41) is 8.94. The number of nitrogens with zero attached hydrogens (tertiary/aromatic N) is 2. The van der Waals surface area contributed by atoms with Gasteiger partial charge in [-0.2, -0.15) is 0 Å². The highest BCUT2D eigenvalue weighted by atomic mass is 32.1. The SMILES string of the molecule is O=C(O)C(=O)N(Cc1ccc2scnc2c1)C1CCC1. The van der Waals surface area contributed by atoms with Crippen LogP contribution in [0, 0.1) is 0 Å². The molecular formula is C14H14N2O3S. The average Bonchev–Trinajstić information content (AvgIpc) is 2.82. The molecule has 1 N–H and O–H groups in total. The van der Waals surface area contributed by atoms with E-state index in [0.29, 0.717) is 6.54 Å². The molecule has 6 heteroatoms. The van der Waals surface area contributed by atoms with Gasteiger partial charge < -0.3 is 10.0 Å². The van der Waals surface area contributed by atoms with Crippen molar-refractivity contribution in [2.24, 2.45) is 0 Å². The van der Waals surface area contributed by atoms with Crippen LogP contribution in [0.15, 0.2) is 23.7 Å². The van der Waals surface area contributed by atoms with Crippen LogP contribution in [0.25, 0.3) is 10.2 Å². The molecule has 0 unspecified atom stereocenters. The molecular weight excluding hydrogens is 276 g/mol. The second-order valence-corrected chi connectivity index (χ2v) is 5.86. The summed E-state index contributed by atoms with van der Waals surface area (Å²) < 4.78 is 1.09. The van der Waals surface area contributed by atoms with E-state index in [9.17, 15) is 9.59 Å². The molecule has 2 aromatic rings. The number of fused-ring (bicyclic) bond motifs is 1. The fraction of sp³-hybridized carbons (Fsp3) is 0.357. The molecule has 0 bridgehead atoms. The second kappa shape index (κ2) is 5.20. The van der Waals surface area contributed by atoms with Crippen molar-refractivity contribution in [2.75, 3.05) is 0 Å². The Kier molecular flexibility index (Phi) is 3.40. The molecule has 0 saturated heterocycles. The van der Waals surface area contributed by atoms with Crippen molar-refractivity contribution in [1.82, 2.24) is 9.88 Å². The Morgan fingerprint density at radius 2 is 2.20 bits per heavy atom. The predicted octanol–water partition coefficient (Wildman–Crippen LogP) is 2.26. The lowest BCUT2D eigenvalue weighted by Gasteiger charge is -2.36. The maximum absolute atomic E-state index is 11.8. The molecule has 1 aliphatic carbocycles. The topological polar surface area (TPSA) is 70.5 Å². The number of amides is 1. The van der Waals surface area contributed by atoms with Gasteiger partial charge in [0.25, 0.3) is 0 Å². The van der Waals surface area contributed by atoms with Gasteiger partial charge in [-0.3, -0.25) is 4.79 Å². The standard InChI is InChI=1S/C14H14N2O3S/c17-13(14(18)19)16(10-2-1-3-10)7-9-4-5-12-11(6-9)15-8-20-12/h4-6,8,10H,1-3,7H2,(H,18,19). The number of rotatable bonds is 3. The molecule has 0 spiro atoms. The molecule has 3 rings (SSSR count). The van der Waals surface area contributed by atoms with Crippen molar-refractivity contribution in [1.29, 1.82) is 0 Å². The fourth-order valence-electron chi connectivity index (χ4n) is 2.39. The van der Waals surface area contributed by atoms with Gasteiger partial charge in [0.05, 0.1) is 15.7 Å². The number of carbonyl (C=O) groups excluding carboxylic acids is 1. The molecule has 1 heterocycles. The highest BCUT2D eigenvalue weighted by Crippen LogP contribution is 2.27. The lowest BCUT2D eigenvalue weighted by atomic mass is 9.91. The summed E-state index contributed by atoms with van der Waals surface area (Å²) in [6.45, 7) is 0.337. The van der Waals surface area contributed by atoms with Crippen LogP contribution >= 0.6 is 11.3 Å². The van der Waals surface area contributed by atoms with E-state index < -0.39 is 11.9 Å². The van der Waals surface area contributed by atoms with Crippen LogP contribution < -0.4 is 0 Å². The van der Waals surface area contributed by atoms with Crippen molar-refractivity contribution >= 4 is 33.4 Å². The van der Waals surface area contributed by atoms with Gasteiger partial charge >= 0.3 is 11.9 Å². The Labute approximate surface area is 119 Å². The molecule has 0 atom stereocenters. The summed E-state index contributed by atoms with van der Waals surface area (Å²) in [4.78, 5) is 28.5. The number of aliphatic carboxylic acids is 1. The van der Waals surface area contributed by atoms with Crippen LogP contribution in [0.5, 0.6) is 0 Å². The van der Waals surface area contributed by atoms with Gasteiger partial charge in [-0.1, -0.05) is 6.07 Å². The Morgan fingerprint density at radius 1 is 1.40 bits per heavy atom. The number of hydrogen-bond donors (Lipinski definition) is 1. The number of benzene rings is 1. The molecule has 5 nitrogen and oxygen atoms in total. The van der Waals surface area contributed by atoms with E-state index in [1.165, 1.54) is 4.90 Å². The molecule has 20 heavy (non-hydrogen) atoms. The van der Waals surface area contributed by atoms with Crippen molar-refractivity contribution in [3.63, 3.8) is 0 Å². The predicted molar refractivity (Wildman–Crippen MR) is 75.4 cm³/mol. The first-order valence-corrected chi connectivity index (χ1v) is 7.39. The number of hydrogen-bond acceptors (Lipinski definition) is 4. The minimum atomic E-state index is -1.38. The van der Waals surface area contributed by atoms with E-state index in [0.717, 1.165) is 35.0 Å². The normalized spacial score (nSPS) is 15.0.